The van der Waals surface area contributed by atoms with Gasteiger partial charge in [0.25, 0.3) is 5.56 Å². The van der Waals surface area contributed by atoms with E-state index in [1.807, 2.05) is 0 Å². The zero-order chi connectivity index (χ0) is 14.1. The Balaban J connectivity index is 1.84. The maximum atomic E-state index is 12.0. The van der Waals surface area contributed by atoms with Gasteiger partial charge >= 0.3 is 5.69 Å². The van der Waals surface area contributed by atoms with Crippen LogP contribution in [0.4, 0.5) is 5.82 Å². The predicted octanol–water partition coefficient (Wildman–Crippen LogP) is 2.33. The normalized spacial score (nSPS) is 18.9. The lowest BCUT2D eigenvalue weighted by molar-refractivity contribution is 0.322. The summed E-state index contributed by atoms with van der Waals surface area (Å²) in [6, 6.07) is 0. The van der Waals surface area contributed by atoms with Crippen LogP contribution in [0.1, 0.15) is 44.1 Å². The highest BCUT2D eigenvalue weighted by Crippen LogP contribution is 2.28. The van der Waals surface area contributed by atoms with E-state index in [9.17, 15) is 9.59 Å². The molecular weight excluding hydrogens is 278 g/mol. The van der Waals surface area contributed by atoms with E-state index in [1.54, 1.807) is 4.57 Å². The summed E-state index contributed by atoms with van der Waals surface area (Å²) in [5.41, 5.74) is -0.226. The molecule has 0 bridgehead atoms. The fourth-order valence-electron chi connectivity index (χ4n) is 3.18. The van der Waals surface area contributed by atoms with Crippen LogP contribution in [-0.4, -0.2) is 14.7 Å². The lowest BCUT2D eigenvalue weighted by atomic mass is 9.87. The van der Waals surface area contributed by atoms with Crippen molar-refractivity contribution in [1.29, 1.82) is 0 Å². The maximum absolute atomic E-state index is 12.0. The first-order valence-corrected chi connectivity index (χ1v) is 7.62. The molecule has 1 aliphatic heterocycles. The smallest absolute Gasteiger partial charge is 0.278 e. The summed E-state index contributed by atoms with van der Waals surface area (Å²) in [6.45, 7) is 0.607. The van der Waals surface area contributed by atoms with Crippen molar-refractivity contribution in [3.8, 4) is 0 Å². The van der Waals surface area contributed by atoms with Gasteiger partial charge in [-0.3, -0.25) is 14.3 Å². The number of nitrogens with zero attached hydrogens (tertiary/aromatic N) is 2. The number of hydrogen-bond donors (Lipinski definition) is 1. The molecule has 1 aromatic rings. The van der Waals surface area contributed by atoms with Gasteiger partial charge in [0.2, 0.25) is 0 Å². The van der Waals surface area contributed by atoms with Gasteiger partial charge in [0.05, 0.1) is 5.56 Å². The monoisotopic (exact) mass is 295 g/mol. The molecule has 1 aliphatic carbocycles. The highest BCUT2D eigenvalue weighted by atomic mass is 35.5. The minimum absolute atomic E-state index is 0.329. The zero-order valence-electron chi connectivity index (χ0n) is 11.3. The lowest BCUT2D eigenvalue weighted by Crippen LogP contribution is -2.32. The third-order valence-electron chi connectivity index (χ3n) is 4.30. The SMILES string of the molecule is O=c1[nH]c(=O)n(CCC2CCCCC2)c2c1CC(Cl)=N2. The topological polar surface area (TPSA) is 67.2 Å². The van der Waals surface area contributed by atoms with Crippen molar-refractivity contribution in [1.82, 2.24) is 9.55 Å². The molecule has 3 rings (SSSR count). The van der Waals surface area contributed by atoms with Gasteiger partial charge in [-0.1, -0.05) is 43.7 Å². The third kappa shape index (κ3) is 2.59. The number of aromatic amines is 1. The second-order valence-electron chi connectivity index (χ2n) is 5.67. The van der Waals surface area contributed by atoms with Crippen LogP contribution in [0.15, 0.2) is 14.6 Å². The first kappa shape index (κ1) is 13.6. The molecule has 6 heteroatoms. The Morgan fingerprint density at radius 3 is 2.75 bits per heavy atom. The fraction of sp³-hybridized carbons (Fsp3) is 0.643. The molecule has 1 fully saturated rings. The van der Waals surface area contributed by atoms with Crippen molar-refractivity contribution in [3.63, 3.8) is 0 Å². The average molecular weight is 296 g/mol. The standard InChI is InChI=1S/C14H18ClN3O2/c15-11-8-10-12(16-11)18(14(20)17-13(10)19)7-6-9-4-2-1-3-5-9/h9H,1-8H2,(H,17,19,20). The zero-order valence-corrected chi connectivity index (χ0v) is 12.1. The minimum atomic E-state index is -0.375. The van der Waals surface area contributed by atoms with Crippen molar-refractivity contribution in [2.45, 2.75) is 51.5 Å². The van der Waals surface area contributed by atoms with E-state index in [-0.39, 0.29) is 11.2 Å². The number of aliphatic imine (C=N–C) groups is 1. The van der Waals surface area contributed by atoms with Gasteiger partial charge in [-0.2, -0.15) is 0 Å². The summed E-state index contributed by atoms with van der Waals surface area (Å²) in [5, 5.41) is 0.377. The number of aromatic nitrogens is 2. The van der Waals surface area contributed by atoms with Gasteiger partial charge < -0.3 is 0 Å². The highest BCUT2D eigenvalue weighted by molar-refractivity contribution is 6.66. The van der Waals surface area contributed by atoms with Crippen molar-refractivity contribution in [2.75, 3.05) is 0 Å². The first-order valence-electron chi connectivity index (χ1n) is 7.24. The molecule has 5 nitrogen and oxygen atoms in total. The number of rotatable bonds is 3. The number of nitrogens with one attached hydrogen (secondary N) is 1. The second-order valence-corrected chi connectivity index (χ2v) is 6.11. The fourth-order valence-corrected chi connectivity index (χ4v) is 3.40. The molecule has 0 unspecified atom stereocenters. The van der Waals surface area contributed by atoms with Gasteiger partial charge in [0.1, 0.15) is 11.0 Å². The van der Waals surface area contributed by atoms with E-state index in [0.29, 0.717) is 35.4 Å². The van der Waals surface area contributed by atoms with Crippen molar-refractivity contribution in [3.05, 3.63) is 26.4 Å². The predicted molar refractivity (Wildman–Crippen MR) is 79.2 cm³/mol. The summed E-state index contributed by atoms with van der Waals surface area (Å²) in [4.78, 5) is 30.2. The molecule has 0 saturated heterocycles. The van der Waals surface area contributed by atoms with Gasteiger partial charge in [-0.15, -0.1) is 0 Å². The Hall–Kier alpha value is -1.36. The minimum Gasteiger partial charge on any atom is -0.278 e. The van der Waals surface area contributed by atoms with E-state index in [2.05, 4.69) is 9.98 Å². The molecule has 1 N–H and O–H groups in total. The van der Waals surface area contributed by atoms with Gasteiger partial charge in [-0.25, -0.2) is 9.79 Å². The van der Waals surface area contributed by atoms with Crippen LogP contribution >= 0.6 is 11.6 Å². The Morgan fingerprint density at radius 1 is 1.25 bits per heavy atom. The summed E-state index contributed by atoms with van der Waals surface area (Å²) >= 11 is 5.90. The summed E-state index contributed by atoms with van der Waals surface area (Å²) in [6.07, 6.45) is 7.67. The van der Waals surface area contributed by atoms with E-state index >= 15 is 0 Å². The molecule has 2 heterocycles. The van der Waals surface area contributed by atoms with Crippen LogP contribution < -0.4 is 11.2 Å². The molecule has 2 aliphatic rings. The molecule has 1 aromatic heterocycles. The van der Waals surface area contributed by atoms with Crippen LogP contribution in [0.25, 0.3) is 0 Å². The van der Waals surface area contributed by atoms with Crippen LogP contribution in [-0.2, 0) is 13.0 Å². The van der Waals surface area contributed by atoms with Crippen LogP contribution in [0, 0.1) is 5.92 Å². The lowest BCUT2D eigenvalue weighted by Gasteiger charge is -2.22. The van der Waals surface area contributed by atoms with E-state index < -0.39 is 0 Å². The molecule has 0 aromatic carbocycles. The molecule has 0 radical (unpaired) electrons. The summed E-state index contributed by atoms with van der Waals surface area (Å²) in [7, 11) is 0. The molecule has 108 valence electrons. The first-order chi connectivity index (χ1) is 9.65. The van der Waals surface area contributed by atoms with Crippen LogP contribution in [0.5, 0.6) is 0 Å². The van der Waals surface area contributed by atoms with Crippen molar-refractivity contribution >= 4 is 22.6 Å². The quantitative estimate of drug-likeness (QED) is 0.930. The summed E-state index contributed by atoms with van der Waals surface area (Å²) < 4.78 is 1.57. The second kappa shape index (κ2) is 5.56. The van der Waals surface area contributed by atoms with Crippen LogP contribution in [0.3, 0.4) is 0 Å². The number of fused-ring (bicyclic) bond motifs is 1. The average Bonchev–Trinajstić information content (AvgIpc) is 2.82. The van der Waals surface area contributed by atoms with E-state index in [1.165, 1.54) is 32.1 Å². The van der Waals surface area contributed by atoms with Gasteiger partial charge in [0, 0.05) is 13.0 Å². The highest BCUT2D eigenvalue weighted by Gasteiger charge is 2.22. The molecule has 1 saturated carbocycles. The Kier molecular flexibility index (Phi) is 3.78. The largest absolute Gasteiger partial charge is 0.329 e. The van der Waals surface area contributed by atoms with Crippen molar-refractivity contribution < 1.29 is 0 Å². The van der Waals surface area contributed by atoms with Crippen molar-refractivity contribution in [2.24, 2.45) is 10.9 Å². The van der Waals surface area contributed by atoms with Crippen LogP contribution in [0.2, 0.25) is 0 Å². The Morgan fingerprint density at radius 2 is 2.00 bits per heavy atom. The molecule has 0 spiro atoms. The Labute approximate surface area is 121 Å². The van der Waals surface area contributed by atoms with E-state index in [4.69, 9.17) is 11.6 Å². The summed E-state index contributed by atoms with van der Waals surface area (Å²) in [5.74, 6) is 1.14. The number of halogens is 1. The van der Waals surface area contributed by atoms with E-state index in [0.717, 1.165) is 6.42 Å². The van der Waals surface area contributed by atoms with Gasteiger partial charge in [-0.05, 0) is 12.3 Å². The molecule has 0 amide bonds. The molecular formula is C14H18ClN3O2. The molecule has 20 heavy (non-hydrogen) atoms. The Bertz CT molecular complexity index is 653. The number of hydrogen-bond acceptors (Lipinski definition) is 3. The van der Waals surface area contributed by atoms with Gasteiger partial charge in [0.15, 0.2) is 0 Å². The molecule has 0 atom stereocenters. The third-order valence-corrected chi connectivity index (χ3v) is 4.52. The number of H-pyrrole nitrogens is 1. The maximum Gasteiger partial charge on any atom is 0.329 e.